The number of halogens is 1. The molecule has 4 nitrogen and oxygen atoms in total. The molecule has 0 aromatic heterocycles. The molecule has 0 saturated heterocycles. The largest absolute Gasteiger partial charge is 0.494 e. The first-order valence-corrected chi connectivity index (χ1v) is 5.92. The summed E-state index contributed by atoms with van der Waals surface area (Å²) in [5.74, 6) is -1.64. The van der Waals surface area contributed by atoms with Crippen molar-refractivity contribution in [2.45, 2.75) is 5.60 Å². The smallest absolute Gasteiger partial charge is 0.258 e. The number of hydrogen-bond acceptors (Lipinski definition) is 3. The van der Waals surface area contributed by atoms with Gasteiger partial charge in [-0.1, -0.05) is 36.4 Å². The Bertz CT molecular complexity index is 630. The summed E-state index contributed by atoms with van der Waals surface area (Å²) in [5.41, 5.74) is 3.55. The number of hydrogen-bond donors (Lipinski definition) is 2. The molecule has 1 amide bonds. The fraction of sp³-hybridized carbons (Fsp3) is 0.133. The van der Waals surface area contributed by atoms with E-state index in [1.807, 2.05) is 0 Å². The van der Waals surface area contributed by atoms with Crippen molar-refractivity contribution in [1.82, 2.24) is 0 Å². The third-order valence-corrected chi connectivity index (χ3v) is 3.12. The minimum atomic E-state index is -2.09. The van der Waals surface area contributed by atoms with Gasteiger partial charge in [-0.05, 0) is 17.7 Å². The molecule has 0 aliphatic rings. The molecule has 20 heavy (non-hydrogen) atoms. The van der Waals surface area contributed by atoms with Crippen molar-refractivity contribution in [2.24, 2.45) is 5.73 Å². The van der Waals surface area contributed by atoms with E-state index in [1.165, 1.54) is 19.2 Å². The number of methoxy groups -OCH3 is 1. The van der Waals surface area contributed by atoms with E-state index in [9.17, 15) is 14.3 Å². The lowest BCUT2D eigenvalue weighted by atomic mass is 9.85. The van der Waals surface area contributed by atoms with Gasteiger partial charge in [0.2, 0.25) is 0 Å². The zero-order chi connectivity index (χ0) is 14.8. The van der Waals surface area contributed by atoms with Gasteiger partial charge in [0.15, 0.2) is 17.2 Å². The van der Waals surface area contributed by atoms with Gasteiger partial charge in [-0.2, -0.15) is 0 Å². The molecule has 0 aliphatic heterocycles. The van der Waals surface area contributed by atoms with Crippen LogP contribution in [-0.4, -0.2) is 18.1 Å². The van der Waals surface area contributed by atoms with Crippen molar-refractivity contribution in [1.29, 1.82) is 0 Å². The number of carbonyl (C=O) groups is 1. The number of primary amides is 1. The van der Waals surface area contributed by atoms with Crippen LogP contribution in [0.5, 0.6) is 5.75 Å². The molecule has 2 aromatic rings. The fourth-order valence-corrected chi connectivity index (χ4v) is 2.02. The molecule has 0 saturated carbocycles. The van der Waals surface area contributed by atoms with Gasteiger partial charge >= 0.3 is 0 Å². The molecule has 104 valence electrons. The van der Waals surface area contributed by atoms with Crippen molar-refractivity contribution in [3.8, 4) is 5.75 Å². The average molecular weight is 275 g/mol. The van der Waals surface area contributed by atoms with Crippen LogP contribution in [0.25, 0.3) is 0 Å². The Kier molecular flexibility index (Phi) is 3.72. The maximum Gasteiger partial charge on any atom is 0.258 e. The summed E-state index contributed by atoms with van der Waals surface area (Å²) in [4.78, 5) is 11.7. The maximum atomic E-state index is 13.8. The summed E-state index contributed by atoms with van der Waals surface area (Å²) in [6, 6.07) is 11.9. The number of benzene rings is 2. The van der Waals surface area contributed by atoms with E-state index in [0.29, 0.717) is 0 Å². The molecule has 0 aliphatic carbocycles. The Balaban J connectivity index is 2.60. The van der Waals surface area contributed by atoms with Crippen LogP contribution in [-0.2, 0) is 10.4 Å². The number of carbonyl (C=O) groups excluding carboxylic acids is 1. The Hall–Kier alpha value is -2.40. The lowest BCUT2D eigenvalue weighted by Gasteiger charge is -2.26. The van der Waals surface area contributed by atoms with Crippen molar-refractivity contribution in [2.75, 3.05) is 7.11 Å². The van der Waals surface area contributed by atoms with Gasteiger partial charge in [-0.25, -0.2) is 4.39 Å². The Morgan fingerprint density at radius 2 is 1.85 bits per heavy atom. The minimum Gasteiger partial charge on any atom is -0.494 e. The van der Waals surface area contributed by atoms with Crippen LogP contribution in [0.2, 0.25) is 0 Å². The quantitative estimate of drug-likeness (QED) is 0.889. The number of amides is 1. The topological polar surface area (TPSA) is 72.6 Å². The number of ether oxygens (including phenoxy) is 1. The van der Waals surface area contributed by atoms with Crippen LogP contribution in [0.1, 0.15) is 11.1 Å². The van der Waals surface area contributed by atoms with Crippen molar-refractivity contribution < 1.29 is 19.0 Å². The van der Waals surface area contributed by atoms with Crippen LogP contribution in [0.3, 0.4) is 0 Å². The summed E-state index contributed by atoms with van der Waals surface area (Å²) in [6.07, 6.45) is 0. The van der Waals surface area contributed by atoms with Gasteiger partial charge in [0.25, 0.3) is 5.91 Å². The average Bonchev–Trinajstić information content (AvgIpc) is 2.47. The molecule has 5 heteroatoms. The second-order valence-corrected chi connectivity index (χ2v) is 4.29. The fourth-order valence-electron chi connectivity index (χ4n) is 2.02. The Morgan fingerprint density at radius 3 is 2.35 bits per heavy atom. The highest BCUT2D eigenvalue weighted by Gasteiger charge is 2.38. The predicted molar refractivity (Wildman–Crippen MR) is 71.6 cm³/mol. The number of nitrogens with two attached hydrogens (primary N) is 1. The second kappa shape index (κ2) is 5.30. The molecule has 0 radical (unpaired) electrons. The highest BCUT2D eigenvalue weighted by Crippen LogP contribution is 2.31. The normalized spacial score (nSPS) is 13.6. The summed E-state index contributed by atoms with van der Waals surface area (Å²) < 4.78 is 18.6. The minimum absolute atomic E-state index is 0.0219. The molecular formula is C15H14FNO3. The second-order valence-electron chi connectivity index (χ2n) is 4.29. The number of aliphatic hydroxyl groups is 1. The number of rotatable bonds is 4. The highest BCUT2D eigenvalue weighted by atomic mass is 19.1. The Morgan fingerprint density at radius 1 is 1.20 bits per heavy atom. The van der Waals surface area contributed by atoms with E-state index in [-0.39, 0.29) is 16.9 Å². The van der Waals surface area contributed by atoms with Crippen molar-refractivity contribution >= 4 is 5.91 Å². The first-order valence-electron chi connectivity index (χ1n) is 5.92. The summed E-state index contributed by atoms with van der Waals surface area (Å²) in [7, 11) is 1.33. The molecule has 0 heterocycles. The molecule has 2 rings (SSSR count). The van der Waals surface area contributed by atoms with Crippen LogP contribution < -0.4 is 10.5 Å². The molecule has 3 N–H and O–H groups in total. The third-order valence-electron chi connectivity index (χ3n) is 3.12. The molecule has 1 unspecified atom stereocenters. The first-order chi connectivity index (χ1) is 9.50. The van der Waals surface area contributed by atoms with Crippen LogP contribution in [0, 0.1) is 5.82 Å². The van der Waals surface area contributed by atoms with Gasteiger partial charge in [-0.15, -0.1) is 0 Å². The predicted octanol–water partition coefficient (Wildman–Crippen LogP) is 1.56. The Labute approximate surface area is 115 Å². The van der Waals surface area contributed by atoms with Crippen molar-refractivity contribution in [3.63, 3.8) is 0 Å². The SMILES string of the molecule is COc1ccc(C(O)(C(N)=O)c2ccccc2)cc1F. The van der Waals surface area contributed by atoms with E-state index < -0.39 is 17.3 Å². The van der Waals surface area contributed by atoms with E-state index in [4.69, 9.17) is 10.5 Å². The summed E-state index contributed by atoms with van der Waals surface area (Å²) in [5, 5.41) is 10.6. The van der Waals surface area contributed by atoms with Crippen LogP contribution in [0.15, 0.2) is 48.5 Å². The first kappa shape index (κ1) is 14.0. The third kappa shape index (κ3) is 2.23. The zero-order valence-corrected chi connectivity index (χ0v) is 10.8. The summed E-state index contributed by atoms with van der Waals surface area (Å²) >= 11 is 0. The van der Waals surface area contributed by atoms with Gasteiger partial charge in [0.05, 0.1) is 7.11 Å². The molecular weight excluding hydrogens is 261 g/mol. The van der Waals surface area contributed by atoms with E-state index >= 15 is 0 Å². The zero-order valence-electron chi connectivity index (χ0n) is 10.8. The van der Waals surface area contributed by atoms with E-state index in [0.717, 1.165) is 6.07 Å². The lowest BCUT2D eigenvalue weighted by molar-refractivity contribution is -0.133. The molecule has 0 fully saturated rings. The van der Waals surface area contributed by atoms with Crippen LogP contribution >= 0.6 is 0 Å². The maximum absolute atomic E-state index is 13.8. The van der Waals surface area contributed by atoms with Crippen molar-refractivity contribution in [3.05, 3.63) is 65.5 Å². The lowest BCUT2D eigenvalue weighted by Crippen LogP contribution is -2.42. The van der Waals surface area contributed by atoms with Crippen LogP contribution in [0.4, 0.5) is 4.39 Å². The standard InChI is InChI=1S/C15H14FNO3/c1-20-13-8-7-11(9-12(13)16)15(19,14(17)18)10-5-3-2-4-6-10/h2-9,19H,1H3,(H2,17,18). The van der Waals surface area contributed by atoms with Gasteiger partial charge in [0, 0.05) is 5.56 Å². The van der Waals surface area contributed by atoms with Gasteiger partial charge < -0.3 is 15.6 Å². The van der Waals surface area contributed by atoms with E-state index in [1.54, 1.807) is 30.3 Å². The molecule has 2 aromatic carbocycles. The molecule has 1 atom stereocenters. The summed E-state index contributed by atoms with van der Waals surface area (Å²) in [6.45, 7) is 0. The van der Waals surface area contributed by atoms with Gasteiger partial charge in [-0.3, -0.25) is 4.79 Å². The van der Waals surface area contributed by atoms with E-state index in [2.05, 4.69) is 0 Å². The molecule has 0 bridgehead atoms. The highest BCUT2D eigenvalue weighted by molar-refractivity contribution is 5.88. The monoisotopic (exact) mass is 275 g/mol. The molecule has 0 spiro atoms. The van der Waals surface area contributed by atoms with Gasteiger partial charge in [0.1, 0.15) is 0 Å².